The van der Waals surface area contributed by atoms with Crippen LogP contribution >= 0.6 is 11.3 Å². The fraction of sp³-hybridized carbons (Fsp3) is 0.765. The Labute approximate surface area is 156 Å². The van der Waals surface area contributed by atoms with Crippen molar-refractivity contribution in [3.8, 4) is 0 Å². The molecule has 3 rings (SSSR count). The Kier molecular flexibility index (Phi) is 6.39. The molecule has 1 aliphatic carbocycles. The van der Waals surface area contributed by atoms with Crippen LogP contribution in [0.5, 0.6) is 0 Å². The Morgan fingerprint density at radius 1 is 1.35 bits per heavy atom. The van der Waals surface area contributed by atoms with Crippen LogP contribution in [0.25, 0.3) is 0 Å². The lowest BCUT2D eigenvalue weighted by molar-refractivity contribution is -0.140. The minimum absolute atomic E-state index is 0.448. The van der Waals surface area contributed by atoms with Crippen molar-refractivity contribution in [1.29, 1.82) is 0 Å². The molecule has 1 atom stereocenters. The molecule has 1 aromatic rings. The summed E-state index contributed by atoms with van der Waals surface area (Å²) in [6.45, 7) is 6.36. The first-order chi connectivity index (χ1) is 12.5. The number of nitrogens with zero attached hydrogens (tertiary/aromatic N) is 3. The van der Waals surface area contributed by atoms with Crippen LogP contribution < -0.4 is 10.6 Å². The number of aliphatic imine (C=N–C) groups is 1. The summed E-state index contributed by atoms with van der Waals surface area (Å²) >= 11 is 1.05. The minimum atomic E-state index is -4.37. The van der Waals surface area contributed by atoms with E-state index < -0.39 is 11.9 Å². The Morgan fingerprint density at radius 3 is 2.81 bits per heavy atom. The van der Waals surface area contributed by atoms with E-state index in [4.69, 9.17) is 0 Å². The van der Waals surface area contributed by atoms with E-state index in [9.17, 15) is 13.2 Å². The van der Waals surface area contributed by atoms with Crippen molar-refractivity contribution in [3.63, 3.8) is 0 Å². The van der Waals surface area contributed by atoms with Gasteiger partial charge in [0.25, 0.3) is 0 Å². The molecule has 9 heteroatoms. The van der Waals surface area contributed by atoms with Crippen LogP contribution in [0.2, 0.25) is 0 Å². The van der Waals surface area contributed by atoms with Crippen LogP contribution in [0.1, 0.15) is 36.9 Å². The molecule has 0 amide bonds. The maximum atomic E-state index is 12.6. The highest BCUT2D eigenvalue weighted by atomic mass is 32.1. The predicted molar refractivity (Wildman–Crippen MR) is 97.5 cm³/mol. The molecule has 2 fully saturated rings. The number of rotatable bonds is 7. The van der Waals surface area contributed by atoms with Gasteiger partial charge in [-0.25, -0.2) is 4.98 Å². The third-order valence-corrected chi connectivity index (χ3v) is 5.61. The molecular weight excluding hydrogens is 363 g/mol. The Hall–Kier alpha value is -1.35. The summed E-state index contributed by atoms with van der Waals surface area (Å²) in [6.07, 6.45) is -0.0447. The van der Waals surface area contributed by atoms with Gasteiger partial charge in [-0.2, -0.15) is 13.2 Å². The Morgan fingerprint density at radius 2 is 2.15 bits per heavy atom. The maximum absolute atomic E-state index is 12.6. The number of alkyl halides is 3. The van der Waals surface area contributed by atoms with E-state index >= 15 is 0 Å². The van der Waals surface area contributed by atoms with E-state index in [2.05, 4.69) is 25.5 Å². The van der Waals surface area contributed by atoms with E-state index in [1.165, 1.54) is 25.8 Å². The summed E-state index contributed by atoms with van der Waals surface area (Å²) in [6, 6.07) is 0.815. The zero-order chi connectivity index (χ0) is 18.6. The number of guanidine groups is 1. The van der Waals surface area contributed by atoms with Crippen LogP contribution in [0, 0.1) is 5.92 Å². The fourth-order valence-electron chi connectivity index (χ4n) is 3.19. The number of likely N-dealkylation sites (tertiary alicyclic amines) is 1. The molecule has 5 nitrogen and oxygen atoms in total. The van der Waals surface area contributed by atoms with Gasteiger partial charge in [-0.15, -0.1) is 11.3 Å². The first kappa shape index (κ1) is 19.4. The minimum Gasteiger partial charge on any atom is -0.357 e. The van der Waals surface area contributed by atoms with E-state index in [1.807, 2.05) is 6.92 Å². The molecule has 1 saturated carbocycles. The second kappa shape index (κ2) is 8.56. The zero-order valence-electron chi connectivity index (χ0n) is 15.0. The van der Waals surface area contributed by atoms with Crippen molar-refractivity contribution in [2.75, 3.05) is 32.7 Å². The molecule has 2 N–H and O–H groups in total. The summed E-state index contributed by atoms with van der Waals surface area (Å²) in [7, 11) is 0. The van der Waals surface area contributed by atoms with Crippen molar-refractivity contribution in [3.05, 3.63) is 16.1 Å². The summed E-state index contributed by atoms with van der Waals surface area (Å²) in [5.41, 5.74) is -0.806. The molecule has 1 aliphatic heterocycles. The molecule has 2 aliphatic rings. The number of hydrogen-bond acceptors (Lipinski definition) is 4. The van der Waals surface area contributed by atoms with E-state index in [-0.39, 0.29) is 0 Å². The second-order valence-corrected chi connectivity index (χ2v) is 7.84. The van der Waals surface area contributed by atoms with Crippen molar-refractivity contribution < 1.29 is 13.2 Å². The normalized spacial score (nSPS) is 22.0. The van der Waals surface area contributed by atoms with Crippen LogP contribution in [-0.2, 0) is 12.6 Å². The van der Waals surface area contributed by atoms with Crippen LogP contribution in [0.4, 0.5) is 13.2 Å². The van der Waals surface area contributed by atoms with Gasteiger partial charge >= 0.3 is 6.18 Å². The molecule has 0 aromatic carbocycles. The van der Waals surface area contributed by atoms with E-state index in [1.54, 1.807) is 0 Å². The fourth-order valence-corrected chi connectivity index (χ4v) is 3.99. The zero-order valence-corrected chi connectivity index (χ0v) is 15.8. The molecule has 0 bridgehead atoms. The number of hydrogen-bond donors (Lipinski definition) is 2. The third-order valence-electron chi connectivity index (χ3n) is 4.71. The van der Waals surface area contributed by atoms with Gasteiger partial charge in [-0.05, 0) is 38.6 Å². The second-order valence-electron chi connectivity index (χ2n) is 6.90. The van der Waals surface area contributed by atoms with Gasteiger partial charge in [0.1, 0.15) is 0 Å². The maximum Gasteiger partial charge on any atom is 0.434 e. The number of nitrogens with one attached hydrogen (secondary N) is 2. The monoisotopic (exact) mass is 389 g/mol. The molecule has 2 heterocycles. The highest BCUT2D eigenvalue weighted by Gasteiger charge is 2.34. The molecule has 0 radical (unpaired) electrons. The standard InChI is InChI=1S/C17H26F3N5S/c1-2-21-16(23-9-12-6-8-25(10-12)13-3-4-13)22-7-5-15-24-14(11-26-15)17(18,19)20/h11-13H,2-10H2,1H3,(H2,21,22,23). The van der Waals surface area contributed by atoms with Gasteiger partial charge in [0.05, 0.1) is 5.01 Å². The van der Waals surface area contributed by atoms with Crippen LogP contribution in [-0.4, -0.2) is 54.6 Å². The molecule has 146 valence electrons. The molecule has 1 unspecified atom stereocenters. The van der Waals surface area contributed by atoms with Crippen molar-refractivity contribution >= 4 is 17.3 Å². The van der Waals surface area contributed by atoms with Gasteiger partial charge < -0.3 is 15.5 Å². The SMILES string of the molecule is CCNC(=NCC1CCN(C2CC2)C1)NCCc1nc(C(F)(F)F)cs1. The van der Waals surface area contributed by atoms with Crippen molar-refractivity contribution in [1.82, 2.24) is 20.5 Å². The lowest BCUT2D eigenvalue weighted by Crippen LogP contribution is -2.38. The average molecular weight is 389 g/mol. The first-order valence-electron chi connectivity index (χ1n) is 9.23. The van der Waals surface area contributed by atoms with Gasteiger partial charge in [-0.3, -0.25) is 4.99 Å². The van der Waals surface area contributed by atoms with Crippen LogP contribution in [0.3, 0.4) is 0 Å². The smallest absolute Gasteiger partial charge is 0.357 e. The predicted octanol–water partition coefficient (Wildman–Crippen LogP) is 2.74. The van der Waals surface area contributed by atoms with Crippen molar-refractivity contribution in [2.24, 2.45) is 10.9 Å². The Balaban J connectivity index is 1.43. The molecule has 1 saturated heterocycles. The quantitative estimate of drug-likeness (QED) is 0.556. The van der Waals surface area contributed by atoms with E-state index in [0.29, 0.717) is 23.9 Å². The summed E-state index contributed by atoms with van der Waals surface area (Å²) in [5.74, 6) is 1.32. The lowest BCUT2D eigenvalue weighted by atomic mass is 10.1. The average Bonchev–Trinajstić information content (AvgIpc) is 3.13. The Bertz CT molecular complexity index is 612. The van der Waals surface area contributed by atoms with Gasteiger partial charge in [0.2, 0.25) is 0 Å². The number of aromatic nitrogens is 1. The lowest BCUT2D eigenvalue weighted by Gasteiger charge is -2.15. The molecule has 1 aromatic heterocycles. The number of thiazole rings is 1. The van der Waals surface area contributed by atoms with Gasteiger partial charge in [0.15, 0.2) is 11.7 Å². The number of halogens is 3. The topological polar surface area (TPSA) is 52.6 Å². The molecular formula is C17H26F3N5S. The first-order valence-corrected chi connectivity index (χ1v) is 10.1. The van der Waals surface area contributed by atoms with Crippen LogP contribution in [0.15, 0.2) is 10.4 Å². The molecule has 0 spiro atoms. The van der Waals surface area contributed by atoms with Gasteiger partial charge in [-0.1, -0.05) is 0 Å². The van der Waals surface area contributed by atoms with E-state index in [0.717, 1.165) is 48.4 Å². The summed E-state index contributed by atoms with van der Waals surface area (Å²) < 4.78 is 37.7. The highest BCUT2D eigenvalue weighted by Crippen LogP contribution is 2.32. The van der Waals surface area contributed by atoms with Gasteiger partial charge in [0, 0.05) is 44.0 Å². The highest BCUT2D eigenvalue weighted by molar-refractivity contribution is 7.09. The largest absolute Gasteiger partial charge is 0.434 e. The van der Waals surface area contributed by atoms with Crippen molar-refractivity contribution in [2.45, 2.75) is 44.8 Å². The third kappa shape index (κ3) is 5.57. The molecule has 26 heavy (non-hydrogen) atoms. The summed E-state index contributed by atoms with van der Waals surface area (Å²) in [5, 5.41) is 7.95. The summed E-state index contributed by atoms with van der Waals surface area (Å²) in [4.78, 5) is 10.9.